The van der Waals surface area contributed by atoms with E-state index in [1.165, 1.54) is 0 Å². The number of rotatable bonds is 6. The molecule has 0 saturated heterocycles. The highest BCUT2D eigenvalue weighted by molar-refractivity contribution is 7.09. The molecule has 1 aromatic heterocycles. The molecule has 110 valence electrons. The number of oxime groups is 1. The first-order valence-corrected chi connectivity index (χ1v) is 7.29. The zero-order chi connectivity index (χ0) is 15.1. The van der Waals surface area contributed by atoms with Gasteiger partial charge in [-0.2, -0.15) is 0 Å². The van der Waals surface area contributed by atoms with Gasteiger partial charge in [0.2, 0.25) is 5.91 Å². The molecule has 0 radical (unpaired) electrons. The van der Waals surface area contributed by atoms with Crippen LogP contribution >= 0.6 is 11.3 Å². The first-order valence-electron chi connectivity index (χ1n) is 6.41. The average molecular weight is 304 g/mol. The maximum absolute atomic E-state index is 11.8. The summed E-state index contributed by atoms with van der Waals surface area (Å²) in [6.45, 7) is 0.578. The monoisotopic (exact) mass is 304 g/mol. The van der Waals surface area contributed by atoms with Crippen molar-refractivity contribution in [2.45, 2.75) is 12.8 Å². The van der Waals surface area contributed by atoms with Crippen molar-refractivity contribution in [3.8, 4) is 0 Å². The molecule has 0 aliphatic heterocycles. The van der Waals surface area contributed by atoms with E-state index in [2.05, 4.69) is 15.5 Å². The lowest BCUT2D eigenvalue weighted by atomic mass is 10.1. The van der Waals surface area contributed by atoms with Crippen LogP contribution in [0.2, 0.25) is 0 Å². The summed E-state index contributed by atoms with van der Waals surface area (Å²) in [5.41, 5.74) is 6.96. The number of nitrogens with one attached hydrogen (secondary N) is 1. The molecular weight excluding hydrogens is 288 g/mol. The number of carbonyl (C=O) groups excluding carboxylic acids is 1. The smallest absolute Gasteiger partial charge is 0.224 e. The van der Waals surface area contributed by atoms with Gasteiger partial charge < -0.3 is 16.3 Å². The summed E-state index contributed by atoms with van der Waals surface area (Å²) in [6.07, 6.45) is 2.80. The van der Waals surface area contributed by atoms with Crippen molar-refractivity contribution in [1.82, 2.24) is 10.3 Å². The van der Waals surface area contributed by atoms with Gasteiger partial charge in [-0.25, -0.2) is 4.98 Å². The molecule has 0 fully saturated rings. The SMILES string of the molecule is NC(=NO)c1ccc(CC(=O)NCCc2nccs2)cc1. The largest absolute Gasteiger partial charge is 0.409 e. The number of hydrogen-bond acceptors (Lipinski definition) is 5. The molecule has 0 bridgehead atoms. The van der Waals surface area contributed by atoms with Gasteiger partial charge in [0.1, 0.15) is 0 Å². The Morgan fingerprint density at radius 3 is 2.76 bits per heavy atom. The minimum Gasteiger partial charge on any atom is -0.409 e. The Kier molecular flexibility index (Phi) is 5.28. The maximum Gasteiger partial charge on any atom is 0.224 e. The van der Waals surface area contributed by atoms with Gasteiger partial charge in [-0.15, -0.1) is 11.3 Å². The van der Waals surface area contributed by atoms with Gasteiger partial charge in [-0.05, 0) is 5.56 Å². The van der Waals surface area contributed by atoms with Crippen LogP contribution in [0.15, 0.2) is 41.0 Å². The Labute approximate surface area is 126 Å². The highest BCUT2D eigenvalue weighted by Crippen LogP contribution is 2.06. The predicted octanol–water partition coefficient (Wildman–Crippen LogP) is 1.14. The van der Waals surface area contributed by atoms with E-state index in [0.717, 1.165) is 17.0 Å². The van der Waals surface area contributed by atoms with Crippen LogP contribution in [0.1, 0.15) is 16.1 Å². The topological polar surface area (TPSA) is 101 Å². The normalized spacial score (nSPS) is 11.3. The van der Waals surface area contributed by atoms with Crippen molar-refractivity contribution in [3.05, 3.63) is 52.0 Å². The Balaban J connectivity index is 1.79. The maximum atomic E-state index is 11.8. The Hall–Kier alpha value is -2.41. The molecule has 0 spiro atoms. The van der Waals surface area contributed by atoms with Crippen molar-refractivity contribution in [3.63, 3.8) is 0 Å². The molecule has 4 N–H and O–H groups in total. The molecule has 6 nitrogen and oxygen atoms in total. The van der Waals surface area contributed by atoms with Crippen LogP contribution in [0, 0.1) is 0 Å². The van der Waals surface area contributed by atoms with E-state index in [4.69, 9.17) is 10.9 Å². The van der Waals surface area contributed by atoms with Gasteiger partial charge in [-0.3, -0.25) is 4.79 Å². The molecule has 0 atom stereocenters. The number of benzene rings is 1. The van der Waals surface area contributed by atoms with Gasteiger partial charge in [0.05, 0.1) is 11.4 Å². The Morgan fingerprint density at radius 1 is 1.38 bits per heavy atom. The predicted molar refractivity (Wildman–Crippen MR) is 81.5 cm³/mol. The summed E-state index contributed by atoms with van der Waals surface area (Å²) in [5, 5.41) is 17.3. The second kappa shape index (κ2) is 7.39. The van der Waals surface area contributed by atoms with Gasteiger partial charge in [0.15, 0.2) is 5.84 Å². The summed E-state index contributed by atoms with van der Waals surface area (Å²) in [5.74, 6) is 0.0116. The first kappa shape index (κ1) is 15.0. The number of nitrogens with zero attached hydrogens (tertiary/aromatic N) is 2. The van der Waals surface area contributed by atoms with Crippen molar-refractivity contribution in [2.24, 2.45) is 10.9 Å². The Bertz CT molecular complexity index is 608. The molecule has 21 heavy (non-hydrogen) atoms. The van der Waals surface area contributed by atoms with Crippen LogP contribution < -0.4 is 11.1 Å². The van der Waals surface area contributed by atoms with E-state index in [0.29, 0.717) is 18.5 Å². The third-order valence-electron chi connectivity index (χ3n) is 2.87. The van der Waals surface area contributed by atoms with E-state index in [-0.39, 0.29) is 11.7 Å². The van der Waals surface area contributed by atoms with Crippen LogP contribution in [-0.2, 0) is 17.6 Å². The number of amides is 1. The molecule has 0 aliphatic rings. The fourth-order valence-electron chi connectivity index (χ4n) is 1.78. The molecule has 1 amide bonds. The first-order chi connectivity index (χ1) is 10.2. The molecule has 0 saturated carbocycles. The van der Waals surface area contributed by atoms with Crippen molar-refractivity contribution in [1.29, 1.82) is 0 Å². The molecule has 2 rings (SSSR count). The lowest BCUT2D eigenvalue weighted by Crippen LogP contribution is -2.27. The zero-order valence-corrected chi connectivity index (χ0v) is 12.1. The lowest BCUT2D eigenvalue weighted by molar-refractivity contribution is -0.120. The highest BCUT2D eigenvalue weighted by Gasteiger charge is 2.05. The minimum atomic E-state index is -0.0388. The summed E-state index contributed by atoms with van der Waals surface area (Å²) in [6, 6.07) is 7.00. The van der Waals surface area contributed by atoms with Crippen molar-refractivity contribution < 1.29 is 10.0 Å². The number of carbonyl (C=O) groups is 1. The standard InChI is InChI=1S/C14H16N4O2S/c15-14(18-20)11-3-1-10(2-4-11)9-12(19)16-6-5-13-17-7-8-21-13/h1-4,7-8,20H,5-6,9H2,(H2,15,18)(H,16,19). The zero-order valence-electron chi connectivity index (χ0n) is 11.3. The summed E-state index contributed by atoms with van der Waals surface area (Å²) in [7, 11) is 0. The number of amidine groups is 1. The van der Waals surface area contributed by atoms with Crippen LogP contribution in [-0.4, -0.2) is 28.5 Å². The number of hydrogen-bond donors (Lipinski definition) is 3. The molecule has 7 heteroatoms. The number of aromatic nitrogens is 1. The van der Waals surface area contributed by atoms with Crippen LogP contribution in [0.4, 0.5) is 0 Å². The minimum absolute atomic E-state index is 0.0388. The summed E-state index contributed by atoms with van der Waals surface area (Å²) < 4.78 is 0. The molecule has 1 aromatic carbocycles. The van der Waals surface area contributed by atoms with E-state index in [9.17, 15) is 4.79 Å². The fourth-order valence-corrected chi connectivity index (χ4v) is 2.40. The molecule has 0 aliphatic carbocycles. The van der Waals surface area contributed by atoms with Gasteiger partial charge in [0.25, 0.3) is 0 Å². The van der Waals surface area contributed by atoms with Gasteiger partial charge in [-0.1, -0.05) is 29.4 Å². The second-order valence-electron chi connectivity index (χ2n) is 4.38. The second-order valence-corrected chi connectivity index (χ2v) is 5.36. The third-order valence-corrected chi connectivity index (χ3v) is 3.71. The van der Waals surface area contributed by atoms with Crippen LogP contribution in [0.3, 0.4) is 0 Å². The lowest BCUT2D eigenvalue weighted by Gasteiger charge is -2.05. The highest BCUT2D eigenvalue weighted by atomic mass is 32.1. The van der Waals surface area contributed by atoms with E-state index in [1.54, 1.807) is 41.8 Å². The van der Waals surface area contributed by atoms with Crippen LogP contribution in [0.25, 0.3) is 0 Å². The average Bonchev–Trinajstić information content (AvgIpc) is 3.00. The third kappa shape index (κ3) is 4.57. The van der Waals surface area contributed by atoms with Crippen molar-refractivity contribution >= 4 is 23.1 Å². The number of thiazole rings is 1. The van der Waals surface area contributed by atoms with E-state index < -0.39 is 0 Å². The molecule has 0 unspecified atom stereocenters. The van der Waals surface area contributed by atoms with Crippen LogP contribution in [0.5, 0.6) is 0 Å². The van der Waals surface area contributed by atoms with E-state index >= 15 is 0 Å². The van der Waals surface area contributed by atoms with Gasteiger partial charge in [0, 0.05) is 30.1 Å². The molecular formula is C14H16N4O2S. The van der Waals surface area contributed by atoms with E-state index in [1.807, 2.05) is 5.38 Å². The summed E-state index contributed by atoms with van der Waals surface area (Å²) in [4.78, 5) is 16.0. The Morgan fingerprint density at radius 2 is 2.14 bits per heavy atom. The van der Waals surface area contributed by atoms with Gasteiger partial charge >= 0.3 is 0 Å². The molecule has 1 heterocycles. The van der Waals surface area contributed by atoms with Crippen molar-refractivity contribution in [2.75, 3.05) is 6.54 Å². The summed E-state index contributed by atoms with van der Waals surface area (Å²) >= 11 is 1.58. The fraction of sp³-hybridized carbons (Fsp3) is 0.214. The number of nitrogens with two attached hydrogens (primary N) is 1. The molecule has 2 aromatic rings. The quantitative estimate of drug-likeness (QED) is 0.322.